The van der Waals surface area contributed by atoms with Gasteiger partial charge >= 0.3 is 6.09 Å². The van der Waals surface area contributed by atoms with Crippen LogP contribution < -0.4 is 0 Å². The molecule has 0 spiro atoms. The Morgan fingerprint density at radius 2 is 1.55 bits per heavy atom. The summed E-state index contributed by atoms with van der Waals surface area (Å²) >= 11 is 0. The Kier molecular flexibility index (Phi) is 3.80. The van der Waals surface area contributed by atoms with Crippen LogP contribution in [-0.4, -0.2) is 23.1 Å². The Morgan fingerprint density at radius 1 is 1.05 bits per heavy atom. The molecule has 2 aromatic carbocycles. The molecule has 1 heterocycles. The van der Waals surface area contributed by atoms with Gasteiger partial charge in [-0.2, -0.15) is 5.26 Å². The number of rotatable bonds is 3. The fourth-order valence-corrected chi connectivity index (χ4v) is 2.84. The third-order valence-electron chi connectivity index (χ3n) is 3.88. The van der Waals surface area contributed by atoms with Crippen molar-refractivity contribution in [2.75, 3.05) is 0 Å². The third-order valence-corrected chi connectivity index (χ3v) is 3.88. The summed E-state index contributed by atoms with van der Waals surface area (Å²) < 4.78 is 5.27. The van der Waals surface area contributed by atoms with Crippen molar-refractivity contribution in [3.8, 4) is 6.07 Å². The van der Waals surface area contributed by atoms with Gasteiger partial charge in [0.2, 0.25) is 0 Å². The largest absolute Gasteiger partial charge is 0.443 e. The average molecular weight is 292 g/mol. The van der Waals surface area contributed by atoms with Crippen molar-refractivity contribution in [1.82, 2.24) is 4.90 Å². The first-order valence-electron chi connectivity index (χ1n) is 7.21. The third kappa shape index (κ3) is 2.42. The Hall–Kier alpha value is -2.80. The van der Waals surface area contributed by atoms with Crippen LogP contribution in [0.4, 0.5) is 4.79 Å². The molecule has 4 heteroatoms. The molecule has 3 rings (SSSR count). The minimum absolute atomic E-state index is 0.329. The summed E-state index contributed by atoms with van der Waals surface area (Å²) in [6, 6.07) is 20.7. The normalized spacial score (nSPS) is 20.8. The van der Waals surface area contributed by atoms with Gasteiger partial charge in [0.1, 0.15) is 6.10 Å². The second kappa shape index (κ2) is 5.90. The molecule has 2 atom stereocenters. The number of carbonyl (C=O) groups excluding carboxylic acids is 1. The molecule has 1 amide bonds. The molecule has 110 valence electrons. The van der Waals surface area contributed by atoms with Crippen LogP contribution in [0.1, 0.15) is 24.1 Å². The van der Waals surface area contributed by atoms with E-state index in [0.717, 1.165) is 11.1 Å². The molecule has 2 aromatic rings. The SMILES string of the molecule is C[C@@H]1OC(=O)N(C(c2ccccc2)c2ccccc2)[C@H]1C#N. The zero-order valence-corrected chi connectivity index (χ0v) is 12.2. The molecule has 0 unspecified atom stereocenters. The number of amides is 1. The van der Waals surface area contributed by atoms with Crippen LogP contribution in [-0.2, 0) is 4.74 Å². The molecule has 0 N–H and O–H groups in total. The van der Waals surface area contributed by atoms with Crippen molar-refractivity contribution < 1.29 is 9.53 Å². The monoisotopic (exact) mass is 292 g/mol. The van der Waals surface area contributed by atoms with Crippen LogP contribution in [0, 0.1) is 11.3 Å². The predicted molar refractivity (Wildman–Crippen MR) is 81.9 cm³/mol. The smallest absolute Gasteiger partial charge is 0.412 e. The van der Waals surface area contributed by atoms with E-state index in [1.807, 2.05) is 60.7 Å². The number of benzene rings is 2. The molecule has 0 bridgehead atoms. The highest BCUT2D eigenvalue weighted by Crippen LogP contribution is 2.35. The van der Waals surface area contributed by atoms with E-state index < -0.39 is 18.2 Å². The highest BCUT2D eigenvalue weighted by Gasteiger charge is 2.44. The van der Waals surface area contributed by atoms with E-state index in [1.54, 1.807) is 6.92 Å². The van der Waals surface area contributed by atoms with Crippen molar-refractivity contribution >= 4 is 6.09 Å². The van der Waals surface area contributed by atoms with E-state index in [9.17, 15) is 10.1 Å². The zero-order chi connectivity index (χ0) is 15.5. The lowest BCUT2D eigenvalue weighted by molar-refractivity contribution is 0.135. The lowest BCUT2D eigenvalue weighted by Crippen LogP contribution is -2.38. The molecule has 1 saturated heterocycles. The molecule has 0 saturated carbocycles. The van der Waals surface area contributed by atoms with E-state index in [2.05, 4.69) is 6.07 Å². The Balaban J connectivity index is 2.11. The summed E-state index contributed by atoms with van der Waals surface area (Å²) in [5, 5.41) is 9.44. The maximum atomic E-state index is 12.3. The molecular weight excluding hydrogens is 276 g/mol. The molecule has 22 heavy (non-hydrogen) atoms. The fraction of sp³-hybridized carbons (Fsp3) is 0.222. The van der Waals surface area contributed by atoms with Crippen LogP contribution in [0.25, 0.3) is 0 Å². The summed E-state index contributed by atoms with van der Waals surface area (Å²) in [5.74, 6) is 0. The summed E-state index contributed by atoms with van der Waals surface area (Å²) in [5.41, 5.74) is 1.92. The molecule has 0 aliphatic carbocycles. The van der Waals surface area contributed by atoms with Crippen LogP contribution in [0.2, 0.25) is 0 Å². The minimum atomic E-state index is -0.599. The molecular formula is C18H16N2O2. The van der Waals surface area contributed by atoms with Gasteiger partial charge in [-0.3, -0.25) is 4.90 Å². The predicted octanol–water partition coefficient (Wildman–Crippen LogP) is 3.51. The van der Waals surface area contributed by atoms with Crippen molar-refractivity contribution in [3.63, 3.8) is 0 Å². The Labute approximate surface area is 129 Å². The summed E-state index contributed by atoms with van der Waals surface area (Å²) in [7, 11) is 0. The highest BCUT2D eigenvalue weighted by molar-refractivity contribution is 5.73. The Bertz CT molecular complexity index is 655. The van der Waals surface area contributed by atoms with E-state index >= 15 is 0 Å². The van der Waals surface area contributed by atoms with Crippen molar-refractivity contribution in [2.24, 2.45) is 0 Å². The van der Waals surface area contributed by atoms with Gasteiger partial charge < -0.3 is 4.74 Å². The fourth-order valence-electron chi connectivity index (χ4n) is 2.84. The summed E-state index contributed by atoms with van der Waals surface area (Å²) in [6.45, 7) is 1.75. The van der Waals surface area contributed by atoms with E-state index in [-0.39, 0.29) is 6.04 Å². The van der Waals surface area contributed by atoms with Gasteiger partial charge in [0.15, 0.2) is 6.04 Å². The first-order chi connectivity index (χ1) is 10.7. The standard InChI is InChI=1S/C18H16N2O2/c1-13-16(12-19)20(18(21)22-13)17(14-8-4-2-5-9-14)15-10-6-3-7-11-15/h2-11,13,16-17H,1H3/t13-,16-/m0/s1. The van der Waals surface area contributed by atoms with Gasteiger partial charge in [0, 0.05) is 0 Å². The lowest BCUT2D eigenvalue weighted by atomic mass is 9.96. The molecule has 1 fully saturated rings. The average Bonchev–Trinajstić information content (AvgIpc) is 2.84. The highest BCUT2D eigenvalue weighted by atomic mass is 16.6. The van der Waals surface area contributed by atoms with Crippen molar-refractivity contribution in [1.29, 1.82) is 5.26 Å². The van der Waals surface area contributed by atoms with Gasteiger partial charge in [0.05, 0.1) is 12.1 Å². The maximum Gasteiger partial charge on any atom is 0.412 e. The molecule has 1 aliphatic rings. The van der Waals surface area contributed by atoms with E-state index in [1.165, 1.54) is 4.90 Å². The topological polar surface area (TPSA) is 53.3 Å². The molecule has 1 aliphatic heterocycles. The van der Waals surface area contributed by atoms with Crippen molar-refractivity contribution in [3.05, 3.63) is 71.8 Å². The number of nitriles is 1. The number of hydrogen-bond acceptors (Lipinski definition) is 3. The van der Waals surface area contributed by atoms with Crippen LogP contribution in [0.5, 0.6) is 0 Å². The lowest BCUT2D eigenvalue weighted by Gasteiger charge is -2.29. The first-order valence-corrected chi connectivity index (χ1v) is 7.21. The first kappa shape index (κ1) is 14.2. The van der Waals surface area contributed by atoms with Crippen LogP contribution in [0.3, 0.4) is 0 Å². The van der Waals surface area contributed by atoms with Gasteiger partial charge in [-0.05, 0) is 18.1 Å². The number of hydrogen-bond donors (Lipinski definition) is 0. The molecule has 0 aromatic heterocycles. The minimum Gasteiger partial charge on any atom is -0.443 e. The van der Waals surface area contributed by atoms with Gasteiger partial charge in [-0.15, -0.1) is 0 Å². The second-order valence-electron chi connectivity index (χ2n) is 5.29. The molecule has 0 radical (unpaired) electrons. The number of nitrogens with zero attached hydrogens (tertiary/aromatic N) is 2. The van der Waals surface area contributed by atoms with Crippen LogP contribution in [0.15, 0.2) is 60.7 Å². The van der Waals surface area contributed by atoms with E-state index in [0.29, 0.717) is 0 Å². The second-order valence-corrected chi connectivity index (χ2v) is 5.29. The van der Waals surface area contributed by atoms with Gasteiger partial charge in [0.25, 0.3) is 0 Å². The van der Waals surface area contributed by atoms with E-state index in [4.69, 9.17) is 4.74 Å². The number of carbonyl (C=O) groups is 1. The van der Waals surface area contributed by atoms with Gasteiger partial charge in [-0.25, -0.2) is 4.79 Å². The number of cyclic esters (lactones) is 1. The van der Waals surface area contributed by atoms with Crippen molar-refractivity contribution in [2.45, 2.75) is 25.1 Å². The van der Waals surface area contributed by atoms with Gasteiger partial charge in [-0.1, -0.05) is 60.7 Å². The maximum absolute atomic E-state index is 12.3. The van der Waals surface area contributed by atoms with Crippen LogP contribution >= 0.6 is 0 Å². The summed E-state index contributed by atoms with van der Waals surface area (Å²) in [4.78, 5) is 13.8. The Morgan fingerprint density at radius 3 is 2.00 bits per heavy atom. The quantitative estimate of drug-likeness (QED) is 0.870. The summed E-state index contributed by atoms with van der Waals surface area (Å²) in [6.07, 6.45) is -0.885. The zero-order valence-electron chi connectivity index (χ0n) is 12.2. The number of ether oxygens (including phenoxy) is 1. The molecule has 4 nitrogen and oxygen atoms in total.